The number of hydrogen-bond donors (Lipinski definition) is 1. The number of rotatable bonds is 6. The van der Waals surface area contributed by atoms with Gasteiger partial charge in [0.25, 0.3) is 11.8 Å². The van der Waals surface area contributed by atoms with Crippen LogP contribution in [0.5, 0.6) is 5.75 Å². The summed E-state index contributed by atoms with van der Waals surface area (Å²) < 4.78 is 5.24. The number of carbonyl (C=O) groups is 2. The van der Waals surface area contributed by atoms with Crippen molar-refractivity contribution in [2.45, 2.75) is 6.92 Å². The van der Waals surface area contributed by atoms with Gasteiger partial charge in [0.2, 0.25) is 0 Å². The van der Waals surface area contributed by atoms with E-state index in [0.29, 0.717) is 23.5 Å². The topological polar surface area (TPSA) is 71.5 Å². The van der Waals surface area contributed by atoms with Crippen molar-refractivity contribution in [1.82, 2.24) is 4.98 Å². The summed E-state index contributed by atoms with van der Waals surface area (Å²) in [5.74, 6) is -0.0614. The second kappa shape index (κ2) is 8.81. The molecule has 0 aliphatic rings. The molecule has 0 atom stereocenters. The SMILES string of the molecule is CCN(C(=O)c1ccnc(C(=O)Nc2ccccc2OC)c1)c1ccccc1. The van der Waals surface area contributed by atoms with Crippen LogP contribution in [0.2, 0.25) is 0 Å². The number of ether oxygens (including phenoxy) is 1. The van der Waals surface area contributed by atoms with Crippen LogP contribution in [0.4, 0.5) is 11.4 Å². The minimum Gasteiger partial charge on any atom is -0.495 e. The van der Waals surface area contributed by atoms with Crippen LogP contribution in [-0.4, -0.2) is 30.5 Å². The van der Waals surface area contributed by atoms with Gasteiger partial charge >= 0.3 is 0 Å². The highest BCUT2D eigenvalue weighted by Gasteiger charge is 2.18. The van der Waals surface area contributed by atoms with Gasteiger partial charge in [-0.1, -0.05) is 30.3 Å². The van der Waals surface area contributed by atoms with Gasteiger partial charge in [0.1, 0.15) is 11.4 Å². The maximum absolute atomic E-state index is 13.0. The lowest BCUT2D eigenvalue weighted by atomic mass is 10.1. The number of aromatic nitrogens is 1. The zero-order valence-corrected chi connectivity index (χ0v) is 15.8. The van der Waals surface area contributed by atoms with Gasteiger partial charge in [0, 0.05) is 24.0 Å². The van der Waals surface area contributed by atoms with Gasteiger partial charge in [0.15, 0.2) is 0 Å². The van der Waals surface area contributed by atoms with Crippen molar-refractivity contribution in [2.24, 2.45) is 0 Å². The van der Waals surface area contributed by atoms with Gasteiger partial charge in [-0.15, -0.1) is 0 Å². The Labute approximate surface area is 163 Å². The van der Waals surface area contributed by atoms with E-state index in [1.54, 1.807) is 29.2 Å². The number of pyridine rings is 1. The molecule has 142 valence electrons. The number of amides is 2. The molecular weight excluding hydrogens is 354 g/mol. The largest absolute Gasteiger partial charge is 0.495 e. The third kappa shape index (κ3) is 4.17. The fraction of sp³-hybridized carbons (Fsp3) is 0.136. The van der Waals surface area contributed by atoms with Crippen LogP contribution in [0, 0.1) is 0 Å². The molecule has 6 heteroatoms. The number of methoxy groups -OCH3 is 1. The maximum atomic E-state index is 13.0. The van der Waals surface area contributed by atoms with Gasteiger partial charge in [-0.2, -0.15) is 0 Å². The minimum absolute atomic E-state index is 0.154. The molecule has 2 amide bonds. The average molecular weight is 375 g/mol. The highest BCUT2D eigenvalue weighted by atomic mass is 16.5. The lowest BCUT2D eigenvalue weighted by molar-refractivity contribution is 0.0988. The standard InChI is InChI=1S/C22H21N3O3/c1-3-25(17-9-5-4-6-10-17)22(27)16-13-14-23-19(15-16)21(26)24-18-11-7-8-12-20(18)28-2/h4-15H,3H2,1-2H3,(H,24,26). The molecule has 0 aliphatic heterocycles. The van der Waals surface area contributed by atoms with Crippen molar-refractivity contribution in [3.8, 4) is 5.75 Å². The normalized spacial score (nSPS) is 10.2. The van der Waals surface area contributed by atoms with Crippen LogP contribution in [-0.2, 0) is 0 Å². The number of hydrogen-bond acceptors (Lipinski definition) is 4. The van der Waals surface area contributed by atoms with E-state index in [9.17, 15) is 9.59 Å². The molecule has 3 rings (SSSR count). The number of anilines is 2. The Morgan fingerprint density at radius 2 is 1.75 bits per heavy atom. The Morgan fingerprint density at radius 1 is 1.04 bits per heavy atom. The summed E-state index contributed by atoms with van der Waals surface area (Å²) in [7, 11) is 1.53. The van der Waals surface area contributed by atoms with Gasteiger partial charge < -0.3 is 15.0 Å². The molecule has 6 nitrogen and oxygen atoms in total. The predicted molar refractivity (Wildman–Crippen MR) is 109 cm³/mol. The van der Waals surface area contributed by atoms with Crippen molar-refractivity contribution in [2.75, 3.05) is 23.9 Å². The van der Waals surface area contributed by atoms with E-state index >= 15 is 0 Å². The first-order chi connectivity index (χ1) is 13.6. The second-order valence-electron chi connectivity index (χ2n) is 5.97. The smallest absolute Gasteiger partial charge is 0.274 e. The summed E-state index contributed by atoms with van der Waals surface area (Å²) in [6.45, 7) is 2.41. The van der Waals surface area contributed by atoms with Crippen LogP contribution in [0.15, 0.2) is 72.9 Å². The highest BCUT2D eigenvalue weighted by Crippen LogP contribution is 2.23. The van der Waals surface area contributed by atoms with Crippen LogP contribution in [0.1, 0.15) is 27.8 Å². The van der Waals surface area contributed by atoms with Gasteiger partial charge in [-0.25, -0.2) is 0 Å². The van der Waals surface area contributed by atoms with E-state index in [2.05, 4.69) is 10.3 Å². The van der Waals surface area contributed by atoms with Crippen molar-refractivity contribution < 1.29 is 14.3 Å². The van der Waals surface area contributed by atoms with E-state index < -0.39 is 5.91 Å². The predicted octanol–water partition coefficient (Wildman–Crippen LogP) is 4.01. The van der Waals surface area contributed by atoms with Crippen molar-refractivity contribution >= 4 is 23.2 Å². The number of para-hydroxylation sites is 3. The molecule has 0 radical (unpaired) electrons. The van der Waals surface area contributed by atoms with Crippen LogP contribution >= 0.6 is 0 Å². The summed E-state index contributed by atoms with van der Waals surface area (Å²) in [5, 5.41) is 2.77. The van der Waals surface area contributed by atoms with Gasteiger partial charge in [-0.05, 0) is 43.3 Å². The molecular formula is C22H21N3O3. The monoisotopic (exact) mass is 375 g/mol. The Hall–Kier alpha value is -3.67. The first-order valence-electron chi connectivity index (χ1n) is 8.91. The van der Waals surface area contributed by atoms with Crippen LogP contribution < -0.4 is 15.0 Å². The maximum Gasteiger partial charge on any atom is 0.274 e. The van der Waals surface area contributed by atoms with Crippen molar-refractivity contribution in [1.29, 1.82) is 0 Å². The molecule has 0 unspecified atom stereocenters. The molecule has 0 fully saturated rings. The molecule has 1 N–H and O–H groups in total. The number of benzene rings is 2. The summed E-state index contributed by atoms with van der Waals surface area (Å²) in [6.07, 6.45) is 1.46. The summed E-state index contributed by atoms with van der Waals surface area (Å²) in [5.41, 5.74) is 1.88. The number of carbonyl (C=O) groups excluding carboxylic acids is 2. The van der Waals surface area contributed by atoms with Crippen LogP contribution in [0.25, 0.3) is 0 Å². The molecule has 0 saturated heterocycles. The number of nitrogens with zero attached hydrogens (tertiary/aromatic N) is 2. The molecule has 0 bridgehead atoms. The Bertz CT molecular complexity index is 974. The molecule has 0 spiro atoms. The van der Waals surface area contributed by atoms with E-state index in [1.807, 2.05) is 43.3 Å². The summed E-state index contributed by atoms with van der Waals surface area (Å²) in [6, 6.07) is 19.6. The molecule has 1 aromatic heterocycles. The molecule has 3 aromatic rings. The lowest BCUT2D eigenvalue weighted by Gasteiger charge is -2.21. The van der Waals surface area contributed by atoms with E-state index in [1.165, 1.54) is 19.4 Å². The summed E-state index contributed by atoms with van der Waals surface area (Å²) in [4.78, 5) is 31.3. The lowest BCUT2D eigenvalue weighted by Crippen LogP contribution is -2.30. The van der Waals surface area contributed by atoms with E-state index in [-0.39, 0.29) is 11.6 Å². The summed E-state index contributed by atoms with van der Waals surface area (Å²) >= 11 is 0. The number of nitrogens with one attached hydrogen (secondary N) is 1. The molecule has 0 saturated carbocycles. The van der Waals surface area contributed by atoms with Crippen LogP contribution in [0.3, 0.4) is 0 Å². The molecule has 28 heavy (non-hydrogen) atoms. The van der Waals surface area contributed by atoms with E-state index in [0.717, 1.165) is 5.69 Å². The average Bonchev–Trinajstić information content (AvgIpc) is 2.75. The fourth-order valence-electron chi connectivity index (χ4n) is 2.83. The second-order valence-corrected chi connectivity index (χ2v) is 5.97. The minimum atomic E-state index is -0.415. The van der Waals surface area contributed by atoms with Crippen molar-refractivity contribution in [3.05, 3.63) is 84.2 Å². The van der Waals surface area contributed by atoms with Gasteiger partial charge in [-0.3, -0.25) is 14.6 Å². The van der Waals surface area contributed by atoms with Crippen molar-refractivity contribution in [3.63, 3.8) is 0 Å². The first-order valence-corrected chi connectivity index (χ1v) is 8.91. The Kier molecular flexibility index (Phi) is 6.01. The third-order valence-electron chi connectivity index (χ3n) is 4.22. The third-order valence-corrected chi connectivity index (χ3v) is 4.22. The molecule has 2 aromatic carbocycles. The quantitative estimate of drug-likeness (QED) is 0.707. The molecule has 1 heterocycles. The highest BCUT2D eigenvalue weighted by molar-refractivity contribution is 6.09. The zero-order valence-electron chi connectivity index (χ0n) is 15.8. The molecule has 0 aliphatic carbocycles. The first kappa shape index (κ1) is 19.1. The zero-order chi connectivity index (χ0) is 19.9. The Balaban J connectivity index is 1.83. The van der Waals surface area contributed by atoms with Gasteiger partial charge in [0.05, 0.1) is 12.8 Å². The van der Waals surface area contributed by atoms with E-state index in [4.69, 9.17) is 4.74 Å². The fourth-order valence-corrected chi connectivity index (χ4v) is 2.83. The Morgan fingerprint density at radius 3 is 2.46 bits per heavy atom.